The Bertz CT molecular complexity index is 370. The van der Waals surface area contributed by atoms with E-state index >= 15 is 0 Å². The van der Waals surface area contributed by atoms with E-state index in [1.165, 1.54) is 0 Å². The lowest BCUT2D eigenvalue weighted by Gasteiger charge is -2.22. The second-order valence-corrected chi connectivity index (χ2v) is 3.55. The summed E-state index contributed by atoms with van der Waals surface area (Å²) in [6, 6.07) is -1.12. The van der Waals surface area contributed by atoms with Gasteiger partial charge in [0.2, 0.25) is 5.91 Å². The fraction of sp³-hybridized carbons (Fsp3) is 0.500. The van der Waals surface area contributed by atoms with E-state index in [4.69, 9.17) is 16.6 Å². The maximum atomic E-state index is 11.4. The van der Waals surface area contributed by atoms with Crippen LogP contribution < -0.4 is 0 Å². The summed E-state index contributed by atoms with van der Waals surface area (Å²) < 4.78 is 0. The van der Waals surface area contributed by atoms with Gasteiger partial charge < -0.3 is 15.1 Å². The Balaban J connectivity index is 2.80. The van der Waals surface area contributed by atoms with Gasteiger partial charge in [0, 0.05) is 19.4 Å². The van der Waals surface area contributed by atoms with E-state index in [1.807, 2.05) is 0 Å². The topological polar surface area (TPSA) is 94.9 Å². The molecule has 1 amide bonds. The van der Waals surface area contributed by atoms with Gasteiger partial charge >= 0.3 is 11.9 Å². The predicted octanol–water partition coefficient (Wildman–Crippen LogP) is -0.604. The zero-order valence-corrected chi connectivity index (χ0v) is 8.42. The molecule has 0 saturated carbocycles. The summed E-state index contributed by atoms with van der Waals surface area (Å²) >= 11 is 0. The normalized spacial score (nSPS) is 21.6. The van der Waals surface area contributed by atoms with Gasteiger partial charge in [0.05, 0.1) is 5.92 Å². The SMILES string of the molecule is C#CC[C@@H](C(=O)O)N1CC(C(=O)O)CC1=O. The maximum absolute atomic E-state index is 11.4. The zero-order chi connectivity index (χ0) is 12.3. The van der Waals surface area contributed by atoms with Crippen LogP contribution in [0.3, 0.4) is 0 Å². The third kappa shape index (κ3) is 2.31. The van der Waals surface area contributed by atoms with Crippen molar-refractivity contribution in [3.05, 3.63) is 0 Å². The summed E-state index contributed by atoms with van der Waals surface area (Å²) in [6.45, 7) is -0.0905. The van der Waals surface area contributed by atoms with Gasteiger partial charge in [0.1, 0.15) is 6.04 Å². The number of rotatable bonds is 4. The second-order valence-electron chi connectivity index (χ2n) is 3.55. The highest BCUT2D eigenvalue weighted by Gasteiger charge is 2.40. The minimum Gasteiger partial charge on any atom is -0.481 e. The van der Waals surface area contributed by atoms with Gasteiger partial charge in [-0.3, -0.25) is 9.59 Å². The molecule has 1 aliphatic rings. The summed E-state index contributed by atoms with van der Waals surface area (Å²) in [5.74, 6) is -1.46. The number of aliphatic carboxylic acids is 2. The Morgan fingerprint density at radius 3 is 2.56 bits per heavy atom. The molecule has 1 rings (SSSR count). The Kier molecular flexibility index (Phi) is 3.51. The number of hydrogen-bond acceptors (Lipinski definition) is 3. The Labute approximate surface area is 91.8 Å². The van der Waals surface area contributed by atoms with Gasteiger partial charge in [0.15, 0.2) is 0 Å². The number of carbonyl (C=O) groups excluding carboxylic acids is 1. The van der Waals surface area contributed by atoms with Crippen molar-refractivity contribution in [2.75, 3.05) is 6.54 Å². The van der Waals surface area contributed by atoms with Gasteiger partial charge in [-0.1, -0.05) is 0 Å². The molecule has 1 aliphatic heterocycles. The van der Waals surface area contributed by atoms with Gasteiger partial charge in [-0.25, -0.2) is 4.79 Å². The number of carbonyl (C=O) groups is 3. The smallest absolute Gasteiger partial charge is 0.327 e. The van der Waals surface area contributed by atoms with E-state index in [1.54, 1.807) is 0 Å². The van der Waals surface area contributed by atoms with Crippen LogP contribution in [0.15, 0.2) is 0 Å². The third-order valence-corrected chi connectivity index (χ3v) is 2.48. The molecular formula is C10H11NO5. The van der Waals surface area contributed by atoms with E-state index in [0.717, 1.165) is 4.90 Å². The molecule has 1 saturated heterocycles. The van der Waals surface area contributed by atoms with Gasteiger partial charge in [-0.05, 0) is 0 Å². The average Bonchev–Trinajstić information content (AvgIpc) is 2.56. The highest BCUT2D eigenvalue weighted by Crippen LogP contribution is 2.21. The van der Waals surface area contributed by atoms with E-state index in [0.29, 0.717) is 0 Å². The third-order valence-electron chi connectivity index (χ3n) is 2.48. The van der Waals surface area contributed by atoms with Gasteiger partial charge in [-0.15, -0.1) is 12.3 Å². The molecule has 16 heavy (non-hydrogen) atoms. The van der Waals surface area contributed by atoms with Crippen molar-refractivity contribution in [3.8, 4) is 12.3 Å². The van der Waals surface area contributed by atoms with Crippen LogP contribution in [-0.4, -0.2) is 45.5 Å². The van der Waals surface area contributed by atoms with E-state index in [-0.39, 0.29) is 19.4 Å². The first kappa shape index (κ1) is 12.0. The Morgan fingerprint density at radius 2 is 2.19 bits per heavy atom. The largest absolute Gasteiger partial charge is 0.481 e. The number of terminal acetylenes is 1. The van der Waals surface area contributed by atoms with Crippen molar-refractivity contribution in [1.29, 1.82) is 0 Å². The van der Waals surface area contributed by atoms with Crippen molar-refractivity contribution < 1.29 is 24.6 Å². The second kappa shape index (κ2) is 4.66. The molecule has 0 aromatic rings. The van der Waals surface area contributed by atoms with Crippen molar-refractivity contribution in [1.82, 2.24) is 4.90 Å². The van der Waals surface area contributed by atoms with Crippen molar-refractivity contribution >= 4 is 17.8 Å². The molecule has 0 aromatic heterocycles. The Hall–Kier alpha value is -2.03. The lowest BCUT2D eigenvalue weighted by Crippen LogP contribution is -2.42. The van der Waals surface area contributed by atoms with Crippen LogP contribution in [0.25, 0.3) is 0 Å². The van der Waals surface area contributed by atoms with E-state index in [9.17, 15) is 14.4 Å². The molecular weight excluding hydrogens is 214 g/mol. The summed E-state index contributed by atoms with van der Waals surface area (Å²) in [5.41, 5.74) is 0. The van der Waals surface area contributed by atoms with Crippen LogP contribution in [0.1, 0.15) is 12.8 Å². The maximum Gasteiger partial charge on any atom is 0.327 e. The minimum absolute atomic E-state index is 0.0905. The van der Waals surface area contributed by atoms with Gasteiger partial charge in [0.25, 0.3) is 0 Å². The van der Waals surface area contributed by atoms with Crippen LogP contribution in [0.5, 0.6) is 0 Å². The number of hydrogen-bond donors (Lipinski definition) is 2. The molecule has 6 heteroatoms. The first-order chi connectivity index (χ1) is 7.47. The molecule has 0 spiro atoms. The van der Waals surface area contributed by atoms with Crippen LogP contribution >= 0.6 is 0 Å². The highest BCUT2D eigenvalue weighted by atomic mass is 16.4. The lowest BCUT2D eigenvalue weighted by molar-refractivity contribution is -0.148. The fourth-order valence-electron chi connectivity index (χ4n) is 1.64. The molecule has 1 fully saturated rings. The monoisotopic (exact) mass is 225 g/mol. The summed E-state index contributed by atoms with van der Waals surface area (Å²) in [5, 5.41) is 17.6. The number of carboxylic acid groups (broad SMARTS) is 2. The molecule has 0 bridgehead atoms. The van der Waals surface area contributed by atoms with E-state index in [2.05, 4.69) is 5.92 Å². The molecule has 0 aliphatic carbocycles. The van der Waals surface area contributed by atoms with Crippen LogP contribution in [0.4, 0.5) is 0 Å². The predicted molar refractivity (Wildman–Crippen MR) is 52.3 cm³/mol. The van der Waals surface area contributed by atoms with Crippen LogP contribution in [0, 0.1) is 18.3 Å². The standard InChI is InChI=1S/C10H11NO5/c1-2-3-7(10(15)16)11-5-6(9(13)14)4-8(11)12/h1,6-7H,3-5H2,(H,13,14)(H,15,16)/t6?,7-/m0/s1. The van der Waals surface area contributed by atoms with Crippen molar-refractivity contribution in [2.24, 2.45) is 5.92 Å². The van der Waals surface area contributed by atoms with Gasteiger partial charge in [-0.2, -0.15) is 0 Å². The van der Waals surface area contributed by atoms with Crippen molar-refractivity contribution in [3.63, 3.8) is 0 Å². The van der Waals surface area contributed by atoms with Crippen molar-refractivity contribution in [2.45, 2.75) is 18.9 Å². The fourth-order valence-corrected chi connectivity index (χ4v) is 1.64. The van der Waals surface area contributed by atoms with Crippen LogP contribution in [0.2, 0.25) is 0 Å². The molecule has 1 heterocycles. The molecule has 86 valence electrons. The minimum atomic E-state index is -1.21. The lowest BCUT2D eigenvalue weighted by atomic mass is 10.1. The quantitative estimate of drug-likeness (QED) is 0.623. The zero-order valence-electron chi connectivity index (χ0n) is 8.42. The number of amides is 1. The highest BCUT2D eigenvalue weighted by molar-refractivity contribution is 5.89. The molecule has 6 nitrogen and oxygen atoms in total. The molecule has 2 N–H and O–H groups in total. The number of likely N-dealkylation sites (tertiary alicyclic amines) is 1. The number of carboxylic acids is 2. The summed E-state index contributed by atoms with van der Waals surface area (Å²) in [4.78, 5) is 34.0. The number of nitrogens with zero attached hydrogens (tertiary/aromatic N) is 1. The first-order valence-electron chi connectivity index (χ1n) is 4.66. The first-order valence-corrected chi connectivity index (χ1v) is 4.66. The molecule has 2 atom stereocenters. The average molecular weight is 225 g/mol. The summed E-state index contributed by atoms with van der Waals surface area (Å²) in [7, 11) is 0. The molecule has 0 radical (unpaired) electrons. The molecule has 0 aromatic carbocycles. The summed E-state index contributed by atoms with van der Waals surface area (Å²) in [6.07, 6.45) is 4.73. The van der Waals surface area contributed by atoms with E-state index < -0.39 is 29.8 Å². The molecule has 1 unspecified atom stereocenters. The Morgan fingerprint density at radius 1 is 1.56 bits per heavy atom. The van der Waals surface area contributed by atoms with Crippen LogP contribution in [-0.2, 0) is 14.4 Å².